The Bertz CT molecular complexity index is 337. The Kier molecular flexibility index (Phi) is 5.32. The zero-order valence-electron chi connectivity index (χ0n) is 10.6. The fourth-order valence-corrected chi connectivity index (χ4v) is 2.59. The van der Waals surface area contributed by atoms with E-state index in [2.05, 4.69) is 51.3 Å². The van der Waals surface area contributed by atoms with E-state index in [9.17, 15) is 0 Å². The van der Waals surface area contributed by atoms with Gasteiger partial charge in [0.25, 0.3) is 0 Å². The second-order valence-electron chi connectivity index (χ2n) is 4.46. The lowest BCUT2D eigenvalue weighted by Gasteiger charge is -2.19. The zero-order valence-corrected chi connectivity index (χ0v) is 11.4. The van der Waals surface area contributed by atoms with Gasteiger partial charge in [0.1, 0.15) is 0 Å². The SMILES string of the molecule is Cc1ccc(C(CSC(C)C)NN)c(C)c1. The minimum Gasteiger partial charge on any atom is -0.271 e. The summed E-state index contributed by atoms with van der Waals surface area (Å²) in [7, 11) is 0. The molecule has 1 aromatic rings. The lowest BCUT2D eigenvalue weighted by molar-refractivity contribution is 0.607. The van der Waals surface area contributed by atoms with Crippen LogP contribution in [-0.2, 0) is 0 Å². The van der Waals surface area contributed by atoms with Crippen LogP contribution >= 0.6 is 11.8 Å². The molecular formula is C13H22N2S. The quantitative estimate of drug-likeness (QED) is 0.612. The first-order chi connectivity index (χ1) is 7.54. The highest BCUT2D eigenvalue weighted by molar-refractivity contribution is 7.99. The van der Waals surface area contributed by atoms with Gasteiger partial charge in [0.05, 0.1) is 6.04 Å². The average molecular weight is 238 g/mol. The fraction of sp³-hybridized carbons (Fsp3) is 0.538. The van der Waals surface area contributed by atoms with Crippen molar-refractivity contribution in [3.05, 3.63) is 34.9 Å². The highest BCUT2D eigenvalue weighted by Crippen LogP contribution is 2.23. The molecule has 0 heterocycles. The first-order valence-corrected chi connectivity index (χ1v) is 6.74. The number of benzene rings is 1. The maximum absolute atomic E-state index is 5.63. The van der Waals surface area contributed by atoms with Gasteiger partial charge in [-0.2, -0.15) is 11.8 Å². The van der Waals surface area contributed by atoms with Crippen molar-refractivity contribution in [2.75, 3.05) is 5.75 Å². The molecule has 0 aromatic heterocycles. The second kappa shape index (κ2) is 6.28. The van der Waals surface area contributed by atoms with E-state index in [1.807, 2.05) is 11.8 Å². The molecule has 0 spiro atoms. The molecule has 90 valence electrons. The van der Waals surface area contributed by atoms with E-state index in [1.165, 1.54) is 16.7 Å². The van der Waals surface area contributed by atoms with Gasteiger partial charge in [-0.3, -0.25) is 11.3 Å². The molecule has 0 saturated carbocycles. The Hall–Kier alpha value is -0.510. The van der Waals surface area contributed by atoms with E-state index in [4.69, 9.17) is 5.84 Å². The molecule has 0 amide bonds. The molecular weight excluding hydrogens is 216 g/mol. The number of thioether (sulfide) groups is 1. The van der Waals surface area contributed by atoms with Gasteiger partial charge in [0.2, 0.25) is 0 Å². The van der Waals surface area contributed by atoms with Gasteiger partial charge < -0.3 is 0 Å². The van der Waals surface area contributed by atoms with Gasteiger partial charge in [0.15, 0.2) is 0 Å². The summed E-state index contributed by atoms with van der Waals surface area (Å²) < 4.78 is 0. The van der Waals surface area contributed by atoms with Crippen molar-refractivity contribution in [1.29, 1.82) is 0 Å². The first-order valence-electron chi connectivity index (χ1n) is 5.69. The van der Waals surface area contributed by atoms with Gasteiger partial charge >= 0.3 is 0 Å². The molecule has 0 bridgehead atoms. The summed E-state index contributed by atoms with van der Waals surface area (Å²) in [5.74, 6) is 6.65. The Balaban J connectivity index is 2.78. The fourth-order valence-electron chi connectivity index (χ4n) is 1.73. The molecule has 0 aliphatic heterocycles. The molecule has 2 nitrogen and oxygen atoms in total. The second-order valence-corrected chi connectivity index (χ2v) is 6.07. The third-order valence-corrected chi connectivity index (χ3v) is 3.79. The molecule has 1 atom stereocenters. The first kappa shape index (κ1) is 13.6. The average Bonchev–Trinajstić information content (AvgIpc) is 2.21. The lowest BCUT2D eigenvalue weighted by Crippen LogP contribution is -2.30. The predicted octanol–water partition coefficient (Wildman–Crippen LogP) is 2.95. The molecule has 3 N–H and O–H groups in total. The zero-order chi connectivity index (χ0) is 12.1. The minimum absolute atomic E-state index is 0.244. The molecule has 1 aromatic carbocycles. The molecule has 0 fully saturated rings. The summed E-state index contributed by atoms with van der Waals surface area (Å²) in [6.07, 6.45) is 0. The molecule has 1 rings (SSSR count). The van der Waals surface area contributed by atoms with E-state index in [1.54, 1.807) is 0 Å². The highest BCUT2D eigenvalue weighted by Gasteiger charge is 2.12. The van der Waals surface area contributed by atoms with Crippen molar-refractivity contribution in [3.8, 4) is 0 Å². The molecule has 1 unspecified atom stereocenters. The topological polar surface area (TPSA) is 38.0 Å². The van der Waals surface area contributed by atoms with E-state index >= 15 is 0 Å². The molecule has 0 radical (unpaired) electrons. The molecule has 0 aliphatic rings. The van der Waals surface area contributed by atoms with Crippen molar-refractivity contribution in [2.24, 2.45) is 5.84 Å². The van der Waals surface area contributed by atoms with Crippen molar-refractivity contribution in [2.45, 2.75) is 39.0 Å². The molecule has 3 heteroatoms. The number of aryl methyl sites for hydroxylation is 2. The Labute approximate surface area is 103 Å². The van der Waals surface area contributed by atoms with Crippen LogP contribution in [0.2, 0.25) is 0 Å². The molecule has 0 aliphatic carbocycles. The molecule has 16 heavy (non-hydrogen) atoms. The van der Waals surface area contributed by atoms with E-state index in [0.29, 0.717) is 5.25 Å². The van der Waals surface area contributed by atoms with E-state index in [-0.39, 0.29) is 6.04 Å². The maximum atomic E-state index is 5.63. The number of hydrazine groups is 1. The summed E-state index contributed by atoms with van der Waals surface area (Å²) in [6, 6.07) is 6.77. The Morgan fingerprint density at radius 2 is 2.00 bits per heavy atom. The number of hydrogen-bond donors (Lipinski definition) is 2. The van der Waals surface area contributed by atoms with Crippen LogP contribution in [0.15, 0.2) is 18.2 Å². The standard InChI is InChI=1S/C13H22N2S/c1-9(2)16-8-13(15-14)12-6-5-10(3)7-11(12)4/h5-7,9,13,15H,8,14H2,1-4H3. The summed E-state index contributed by atoms with van der Waals surface area (Å²) >= 11 is 1.93. The largest absolute Gasteiger partial charge is 0.271 e. The van der Waals surface area contributed by atoms with E-state index in [0.717, 1.165) is 5.75 Å². The van der Waals surface area contributed by atoms with Gasteiger partial charge in [-0.15, -0.1) is 0 Å². The predicted molar refractivity (Wildman–Crippen MR) is 73.6 cm³/mol. The van der Waals surface area contributed by atoms with Crippen LogP contribution in [0.4, 0.5) is 0 Å². The van der Waals surface area contributed by atoms with Crippen molar-refractivity contribution >= 4 is 11.8 Å². The van der Waals surface area contributed by atoms with Crippen LogP contribution in [0, 0.1) is 13.8 Å². The highest BCUT2D eigenvalue weighted by atomic mass is 32.2. The van der Waals surface area contributed by atoms with Gasteiger partial charge in [-0.05, 0) is 30.2 Å². The number of hydrogen-bond acceptors (Lipinski definition) is 3. The van der Waals surface area contributed by atoms with Gasteiger partial charge in [0, 0.05) is 5.75 Å². The smallest absolute Gasteiger partial charge is 0.0553 e. The summed E-state index contributed by atoms with van der Waals surface area (Å²) in [5, 5.41) is 0.640. The summed E-state index contributed by atoms with van der Waals surface area (Å²) in [5.41, 5.74) is 6.83. The monoisotopic (exact) mass is 238 g/mol. The van der Waals surface area contributed by atoms with Crippen LogP contribution in [0.1, 0.15) is 36.6 Å². The van der Waals surface area contributed by atoms with Crippen molar-refractivity contribution < 1.29 is 0 Å². The molecule has 0 saturated heterocycles. The van der Waals surface area contributed by atoms with E-state index < -0.39 is 0 Å². The summed E-state index contributed by atoms with van der Waals surface area (Å²) in [4.78, 5) is 0. The van der Waals surface area contributed by atoms with Crippen molar-refractivity contribution in [1.82, 2.24) is 5.43 Å². The maximum Gasteiger partial charge on any atom is 0.0553 e. The van der Waals surface area contributed by atoms with Crippen LogP contribution in [0.5, 0.6) is 0 Å². The third-order valence-electron chi connectivity index (χ3n) is 2.60. The van der Waals surface area contributed by atoms with Crippen LogP contribution in [0.3, 0.4) is 0 Å². The van der Waals surface area contributed by atoms with Gasteiger partial charge in [-0.25, -0.2) is 0 Å². The van der Waals surface area contributed by atoms with Crippen LogP contribution in [0.25, 0.3) is 0 Å². The van der Waals surface area contributed by atoms with Crippen LogP contribution < -0.4 is 11.3 Å². The number of rotatable bonds is 5. The Morgan fingerprint density at radius 1 is 1.31 bits per heavy atom. The van der Waals surface area contributed by atoms with Gasteiger partial charge in [-0.1, -0.05) is 37.6 Å². The Morgan fingerprint density at radius 3 is 2.50 bits per heavy atom. The number of nitrogens with one attached hydrogen (secondary N) is 1. The summed E-state index contributed by atoms with van der Waals surface area (Å²) in [6.45, 7) is 8.68. The minimum atomic E-state index is 0.244. The normalized spacial score (nSPS) is 13.1. The van der Waals surface area contributed by atoms with Crippen molar-refractivity contribution in [3.63, 3.8) is 0 Å². The third kappa shape index (κ3) is 3.81. The lowest BCUT2D eigenvalue weighted by atomic mass is 10.0. The van der Waals surface area contributed by atoms with Crippen LogP contribution in [-0.4, -0.2) is 11.0 Å². The number of nitrogens with two attached hydrogens (primary N) is 1.